The van der Waals surface area contributed by atoms with E-state index in [-0.39, 0.29) is 5.41 Å². The van der Waals surface area contributed by atoms with Crippen molar-refractivity contribution in [2.24, 2.45) is 0 Å². The van der Waals surface area contributed by atoms with Crippen LogP contribution in [0.1, 0.15) is 63.5 Å². The van der Waals surface area contributed by atoms with Gasteiger partial charge in [-0.3, -0.25) is 0 Å². The van der Waals surface area contributed by atoms with Crippen molar-refractivity contribution in [3.8, 4) is 0 Å². The van der Waals surface area contributed by atoms with Crippen molar-refractivity contribution in [3.63, 3.8) is 0 Å². The second kappa shape index (κ2) is 7.64. The number of fused-ring (bicyclic) bond motifs is 2. The van der Waals surface area contributed by atoms with Gasteiger partial charge in [-0.1, -0.05) is 75.9 Å². The lowest BCUT2D eigenvalue weighted by atomic mass is 9.68. The van der Waals surface area contributed by atoms with Crippen LogP contribution in [0.5, 0.6) is 0 Å². The Bertz CT molecular complexity index is 937. The molecule has 0 aliphatic rings. The molecule has 0 atom stereocenters. The number of aromatic nitrogens is 2. The molecule has 0 saturated carbocycles. The molecule has 2 aromatic heterocycles. The van der Waals surface area contributed by atoms with E-state index in [1.165, 1.54) is 71.5 Å². The Balaban J connectivity index is 1.98. The van der Waals surface area contributed by atoms with Gasteiger partial charge in [0.15, 0.2) is 0 Å². The predicted molar refractivity (Wildman–Crippen MR) is 116 cm³/mol. The van der Waals surface area contributed by atoms with Crippen molar-refractivity contribution in [3.05, 3.63) is 72.1 Å². The van der Waals surface area contributed by atoms with Crippen LogP contribution in [0, 0.1) is 0 Å². The van der Waals surface area contributed by atoms with Crippen molar-refractivity contribution in [2.45, 2.75) is 57.8 Å². The standard InChI is InChI=1S/C25H30N2/c1-3-5-15-25(16-6-4-2,21-17-26-23-13-9-7-11-19(21)23)22-18-27-24-14-10-8-12-20(22)24/h7-14,17-18,26-27H,3-6,15-16H2,1-2H3. The summed E-state index contributed by atoms with van der Waals surface area (Å²) in [7, 11) is 0. The highest BCUT2D eigenvalue weighted by Gasteiger charge is 2.37. The molecule has 4 aromatic rings. The van der Waals surface area contributed by atoms with E-state index < -0.39 is 0 Å². The maximum Gasteiger partial charge on any atom is 0.0457 e. The molecular formula is C25H30N2. The first-order chi connectivity index (χ1) is 13.3. The molecular weight excluding hydrogens is 328 g/mol. The van der Waals surface area contributed by atoms with Gasteiger partial charge in [0.2, 0.25) is 0 Å². The number of benzene rings is 2. The zero-order valence-electron chi connectivity index (χ0n) is 16.5. The smallest absolute Gasteiger partial charge is 0.0457 e. The van der Waals surface area contributed by atoms with Gasteiger partial charge >= 0.3 is 0 Å². The Morgan fingerprint density at radius 2 is 1.11 bits per heavy atom. The predicted octanol–water partition coefficient (Wildman–Crippen LogP) is 7.32. The van der Waals surface area contributed by atoms with Crippen LogP contribution in [0.4, 0.5) is 0 Å². The molecule has 0 bridgehead atoms. The van der Waals surface area contributed by atoms with E-state index in [4.69, 9.17) is 0 Å². The summed E-state index contributed by atoms with van der Waals surface area (Å²) in [6.07, 6.45) is 11.8. The summed E-state index contributed by atoms with van der Waals surface area (Å²) in [6.45, 7) is 4.60. The quantitative estimate of drug-likeness (QED) is 0.331. The highest BCUT2D eigenvalue weighted by Crippen LogP contribution is 2.46. The molecule has 0 fully saturated rings. The molecule has 0 aliphatic carbocycles. The van der Waals surface area contributed by atoms with Crippen LogP contribution in [0.2, 0.25) is 0 Å². The Morgan fingerprint density at radius 3 is 1.56 bits per heavy atom. The van der Waals surface area contributed by atoms with Gasteiger partial charge in [0.25, 0.3) is 0 Å². The molecule has 2 aromatic carbocycles. The zero-order valence-corrected chi connectivity index (χ0v) is 16.5. The van der Waals surface area contributed by atoms with Gasteiger partial charge < -0.3 is 9.97 Å². The van der Waals surface area contributed by atoms with Crippen molar-refractivity contribution in [1.29, 1.82) is 0 Å². The van der Waals surface area contributed by atoms with E-state index in [0.717, 1.165) is 0 Å². The summed E-state index contributed by atoms with van der Waals surface area (Å²) < 4.78 is 0. The molecule has 0 unspecified atom stereocenters. The highest BCUT2D eigenvalue weighted by molar-refractivity contribution is 5.89. The minimum Gasteiger partial charge on any atom is -0.361 e. The summed E-state index contributed by atoms with van der Waals surface area (Å²) >= 11 is 0. The fourth-order valence-electron chi connectivity index (χ4n) is 4.70. The zero-order chi connectivity index (χ0) is 18.7. The second-order valence-corrected chi connectivity index (χ2v) is 7.79. The Kier molecular flexibility index (Phi) is 5.07. The highest BCUT2D eigenvalue weighted by atomic mass is 14.7. The molecule has 4 rings (SSSR count). The van der Waals surface area contributed by atoms with Gasteiger partial charge in [-0.15, -0.1) is 0 Å². The van der Waals surface area contributed by atoms with Crippen LogP contribution < -0.4 is 0 Å². The summed E-state index contributed by atoms with van der Waals surface area (Å²) in [5.74, 6) is 0. The summed E-state index contributed by atoms with van der Waals surface area (Å²) in [5, 5.41) is 2.74. The van der Waals surface area contributed by atoms with Crippen LogP contribution >= 0.6 is 0 Å². The van der Waals surface area contributed by atoms with Crippen molar-refractivity contribution >= 4 is 21.8 Å². The normalized spacial score (nSPS) is 12.2. The molecule has 2 nitrogen and oxygen atoms in total. The van der Waals surface area contributed by atoms with Crippen LogP contribution in [0.15, 0.2) is 60.9 Å². The molecule has 0 amide bonds. The van der Waals surface area contributed by atoms with Gasteiger partial charge in [-0.25, -0.2) is 0 Å². The fraction of sp³-hybridized carbons (Fsp3) is 0.360. The summed E-state index contributed by atoms with van der Waals surface area (Å²) in [5.41, 5.74) is 5.45. The van der Waals surface area contributed by atoms with Gasteiger partial charge in [0.1, 0.15) is 0 Å². The first kappa shape index (κ1) is 17.9. The van der Waals surface area contributed by atoms with E-state index >= 15 is 0 Å². The Labute approximate surface area is 162 Å². The van der Waals surface area contributed by atoms with Crippen molar-refractivity contribution < 1.29 is 0 Å². The van der Waals surface area contributed by atoms with Gasteiger partial charge in [-0.2, -0.15) is 0 Å². The number of hydrogen-bond donors (Lipinski definition) is 2. The average molecular weight is 359 g/mol. The number of aromatic amines is 2. The van der Waals surface area contributed by atoms with Crippen molar-refractivity contribution in [2.75, 3.05) is 0 Å². The molecule has 0 spiro atoms. The molecule has 2 heteroatoms. The monoisotopic (exact) mass is 358 g/mol. The summed E-state index contributed by atoms with van der Waals surface area (Å²) in [4.78, 5) is 7.09. The average Bonchev–Trinajstić information content (AvgIpc) is 3.34. The SMILES string of the molecule is CCCCC(CCCC)(c1c[nH]c2ccccc12)c1c[nH]c2ccccc12. The molecule has 2 N–H and O–H groups in total. The lowest BCUT2D eigenvalue weighted by Crippen LogP contribution is -2.27. The van der Waals surface area contributed by atoms with Gasteiger partial charge in [-0.05, 0) is 36.1 Å². The molecule has 2 heterocycles. The largest absolute Gasteiger partial charge is 0.361 e. The maximum atomic E-state index is 3.55. The van der Waals surface area contributed by atoms with Crippen molar-refractivity contribution in [1.82, 2.24) is 9.97 Å². The van der Waals surface area contributed by atoms with Gasteiger partial charge in [0.05, 0.1) is 0 Å². The fourth-order valence-corrected chi connectivity index (χ4v) is 4.70. The molecule has 0 radical (unpaired) electrons. The van der Waals surface area contributed by atoms with E-state index in [9.17, 15) is 0 Å². The Morgan fingerprint density at radius 1 is 0.667 bits per heavy atom. The number of nitrogens with one attached hydrogen (secondary N) is 2. The third kappa shape index (κ3) is 3.07. The number of H-pyrrole nitrogens is 2. The van der Waals surface area contributed by atoms with E-state index in [1.807, 2.05) is 0 Å². The van der Waals surface area contributed by atoms with E-state index in [2.05, 4.69) is 84.7 Å². The molecule has 27 heavy (non-hydrogen) atoms. The molecule has 0 aliphatic heterocycles. The second-order valence-electron chi connectivity index (χ2n) is 7.79. The number of unbranched alkanes of at least 4 members (excludes halogenated alkanes) is 2. The van der Waals surface area contributed by atoms with Crippen LogP contribution in [0.25, 0.3) is 21.8 Å². The number of rotatable bonds is 8. The van der Waals surface area contributed by atoms with E-state index in [1.54, 1.807) is 0 Å². The first-order valence-corrected chi connectivity index (χ1v) is 10.4. The lowest BCUT2D eigenvalue weighted by molar-refractivity contribution is 0.411. The number of hydrogen-bond acceptors (Lipinski definition) is 0. The number of para-hydroxylation sites is 2. The minimum atomic E-state index is 0.0469. The maximum absolute atomic E-state index is 3.55. The van der Waals surface area contributed by atoms with Gasteiger partial charge in [0, 0.05) is 39.6 Å². The van der Waals surface area contributed by atoms with Crippen LogP contribution in [0.3, 0.4) is 0 Å². The van der Waals surface area contributed by atoms with Crippen LogP contribution in [-0.4, -0.2) is 9.97 Å². The van der Waals surface area contributed by atoms with E-state index in [0.29, 0.717) is 0 Å². The third-order valence-electron chi connectivity index (χ3n) is 6.12. The summed E-state index contributed by atoms with van der Waals surface area (Å²) in [6, 6.07) is 17.5. The molecule has 140 valence electrons. The minimum absolute atomic E-state index is 0.0469. The lowest BCUT2D eigenvalue weighted by Gasteiger charge is -2.34. The third-order valence-corrected chi connectivity index (χ3v) is 6.12. The first-order valence-electron chi connectivity index (χ1n) is 10.4. The topological polar surface area (TPSA) is 31.6 Å². The van der Waals surface area contributed by atoms with Crippen LogP contribution in [-0.2, 0) is 5.41 Å². The Hall–Kier alpha value is -2.48. The molecule has 0 saturated heterocycles.